The van der Waals surface area contributed by atoms with Gasteiger partial charge in [-0.2, -0.15) is 0 Å². The molecule has 0 heterocycles. The van der Waals surface area contributed by atoms with Crippen LogP contribution in [0.15, 0.2) is 71.6 Å². The summed E-state index contributed by atoms with van der Waals surface area (Å²) in [5.41, 5.74) is 0.669. The number of anilines is 1. The van der Waals surface area contributed by atoms with Crippen LogP contribution in [0.2, 0.25) is 20.1 Å². The molecule has 0 spiro atoms. The quantitative estimate of drug-likeness (QED) is 0.252. The Morgan fingerprint density at radius 3 is 2.12 bits per heavy atom. The van der Waals surface area contributed by atoms with E-state index in [4.69, 9.17) is 46.4 Å². The molecule has 0 aliphatic heterocycles. The molecule has 0 saturated heterocycles. The number of rotatable bonds is 11. The van der Waals surface area contributed by atoms with Gasteiger partial charge in [-0.25, -0.2) is 8.42 Å². The fourth-order valence-corrected chi connectivity index (χ4v) is 6.12. The molecule has 0 radical (unpaired) electrons. The van der Waals surface area contributed by atoms with Crippen molar-refractivity contribution in [3.8, 4) is 0 Å². The Hall–Kier alpha value is -2.49. The van der Waals surface area contributed by atoms with Gasteiger partial charge in [0, 0.05) is 18.1 Å². The third-order valence-electron chi connectivity index (χ3n) is 5.98. The predicted octanol–water partition coefficient (Wildman–Crippen LogP) is 6.69. The van der Waals surface area contributed by atoms with Crippen LogP contribution in [0.5, 0.6) is 0 Å². The second-order valence-corrected chi connectivity index (χ2v) is 13.0. The first kappa shape index (κ1) is 32.0. The average molecular weight is 645 g/mol. The van der Waals surface area contributed by atoms with Gasteiger partial charge < -0.3 is 10.2 Å². The van der Waals surface area contributed by atoms with Gasteiger partial charge in [-0.05, 0) is 60.9 Å². The zero-order chi connectivity index (χ0) is 29.6. The molecule has 0 aromatic heterocycles. The summed E-state index contributed by atoms with van der Waals surface area (Å²) in [5.74, 6) is -0.832. The highest BCUT2D eigenvalue weighted by Gasteiger charge is 2.33. The summed E-state index contributed by atoms with van der Waals surface area (Å²) >= 11 is 24.7. The summed E-state index contributed by atoms with van der Waals surface area (Å²) in [6, 6.07) is 15.9. The number of nitrogens with one attached hydrogen (secondary N) is 1. The van der Waals surface area contributed by atoms with E-state index in [1.54, 1.807) is 43.3 Å². The van der Waals surface area contributed by atoms with E-state index < -0.39 is 28.5 Å². The number of benzene rings is 3. The lowest BCUT2D eigenvalue weighted by Gasteiger charge is -2.32. The van der Waals surface area contributed by atoms with Crippen LogP contribution in [-0.2, 0) is 26.2 Å². The lowest BCUT2D eigenvalue weighted by atomic mass is 10.1. The predicted molar refractivity (Wildman–Crippen MR) is 162 cm³/mol. The Bertz CT molecular complexity index is 1470. The largest absolute Gasteiger partial charge is 0.354 e. The van der Waals surface area contributed by atoms with E-state index in [1.165, 1.54) is 35.2 Å². The first-order valence-electron chi connectivity index (χ1n) is 12.3. The molecule has 1 N–H and O–H groups in total. The molecule has 3 rings (SSSR count). The Morgan fingerprint density at radius 2 is 1.52 bits per heavy atom. The van der Waals surface area contributed by atoms with Crippen molar-refractivity contribution in [2.24, 2.45) is 5.92 Å². The molecule has 0 unspecified atom stereocenters. The fourth-order valence-electron chi connectivity index (χ4n) is 3.79. The number of halogens is 4. The summed E-state index contributed by atoms with van der Waals surface area (Å²) in [6.07, 6.45) is 0. The van der Waals surface area contributed by atoms with Crippen LogP contribution in [0.3, 0.4) is 0 Å². The Labute approximate surface area is 255 Å². The minimum absolute atomic E-state index is 0.0282. The molecule has 0 aliphatic carbocycles. The highest BCUT2D eigenvalue weighted by Crippen LogP contribution is 2.33. The second kappa shape index (κ2) is 13.9. The summed E-state index contributed by atoms with van der Waals surface area (Å²) in [6.45, 7) is 5.22. The number of hydrogen-bond acceptors (Lipinski definition) is 4. The highest BCUT2D eigenvalue weighted by molar-refractivity contribution is 7.92. The molecule has 2 amide bonds. The van der Waals surface area contributed by atoms with Crippen LogP contribution in [-0.4, -0.2) is 44.3 Å². The third kappa shape index (κ3) is 8.04. The summed E-state index contributed by atoms with van der Waals surface area (Å²) in [4.78, 5) is 28.2. The summed E-state index contributed by atoms with van der Waals surface area (Å²) in [7, 11) is -4.25. The zero-order valence-corrected chi connectivity index (χ0v) is 25.9. The first-order valence-corrected chi connectivity index (χ1v) is 15.3. The Kier molecular flexibility index (Phi) is 11.1. The minimum atomic E-state index is -4.25. The number of nitrogens with zero attached hydrogens (tertiary/aromatic N) is 2. The molecule has 0 saturated carbocycles. The first-order chi connectivity index (χ1) is 18.8. The highest BCUT2D eigenvalue weighted by atomic mass is 35.5. The van der Waals surface area contributed by atoms with Gasteiger partial charge in [0.2, 0.25) is 11.8 Å². The smallest absolute Gasteiger partial charge is 0.264 e. The number of amides is 2. The molecule has 7 nitrogen and oxygen atoms in total. The number of sulfonamides is 1. The van der Waals surface area contributed by atoms with Gasteiger partial charge in [0.05, 0.1) is 25.7 Å². The molecular weight excluding hydrogens is 616 g/mol. The maximum absolute atomic E-state index is 13.9. The van der Waals surface area contributed by atoms with Crippen molar-refractivity contribution in [2.45, 2.75) is 38.3 Å². The molecule has 0 fully saturated rings. The van der Waals surface area contributed by atoms with E-state index in [-0.39, 0.29) is 39.0 Å². The van der Waals surface area contributed by atoms with Crippen LogP contribution in [0.25, 0.3) is 0 Å². The van der Waals surface area contributed by atoms with Crippen molar-refractivity contribution < 1.29 is 18.0 Å². The topological polar surface area (TPSA) is 86.8 Å². The Morgan fingerprint density at radius 1 is 0.850 bits per heavy atom. The third-order valence-corrected chi connectivity index (χ3v) is 9.03. The van der Waals surface area contributed by atoms with Gasteiger partial charge in [0.25, 0.3) is 10.0 Å². The second-order valence-electron chi connectivity index (χ2n) is 9.51. The molecule has 0 aliphatic rings. The molecule has 12 heteroatoms. The maximum atomic E-state index is 13.9. The maximum Gasteiger partial charge on any atom is 0.264 e. The van der Waals surface area contributed by atoms with Gasteiger partial charge in [0.1, 0.15) is 12.6 Å². The van der Waals surface area contributed by atoms with Crippen molar-refractivity contribution in [3.05, 3.63) is 92.4 Å². The molecule has 3 aromatic carbocycles. The molecule has 1 atom stereocenters. The van der Waals surface area contributed by atoms with Gasteiger partial charge in [0.15, 0.2) is 0 Å². The van der Waals surface area contributed by atoms with Gasteiger partial charge in [-0.3, -0.25) is 13.9 Å². The average Bonchev–Trinajstić information content (AvgIpc) is 2.91. The molecule has 40 heavy (non-hydrogen) atoms. The molecule has 214 valence electrons. The summed E-state index contributed by atoms with van der Waals surface area (Å²) < 4.78 is 28.5. The van der Waals surface area contributed by atoms with E-state index in [0.29, 0.717) is 22.2 Å². The van der Waals surface area contributed by atoms with Crippen LogP contribution in [0.1, 0.15) is 26.3 Å². The van der Waals surface area contributed by atoms with Crippen molar-refractivity contribution in [1.82, 2.24) is 10.2 Å². The molecular formula is C28H29Cl4N3O4S. The van der Waals surface area contributed by atoms with E-state index in [1.807, 2.05) is 13.8 Å². The van der Waals surface area contributed by atoms with E-state index in [9.17, 15) is 18.0 Å². The number of carbonyl (C=O) groups is 2. The lowest BCUT2D eigenvalue weighted by Crippen LogP contribution is -2.51. The van der Waals surface area contributed by atoms with E-state index in [0.717, 1.165) is 4.31 Å². The van der Waals surface area contributed by atoms with Gasteiger partial charge in [-0.15, -0.1) is 0 Å². The van der Waals surface area contributed by atoms with Crippen LogP contribution in [0, 0.1) is 5.92 Å². The van der Waals surface area contributed by atoms with Crippen LogP contribution < -0.4 is 9.62 Å². The minimum Gasteiger partial charge on any atom is -0.354 e. The molecule has 0 bridgehead atoms. The Balaban J connectivity index is 2.05. The molecule has 3 aromatic rings. The van der Waals surface area contributed by atoms with Crippen molar-refractivity contribution in [1.29, 1.82) is 0 Å². The monoisotopic (exact) mass is 643 g/mol. The number of hydrogen-bond donors (Lipinski definition) is 1. The van der Waals surface area contributed by atoms with Crippen molar-refractivity contribution in [2.75, 3.05) is 17.4 Å². The standard InChI is InChI=1S/C28H29Cl4N3O4S/c1-18(2)15-33-28(37)19(3)34(16-20-9-11-23(30)24(31)13-20)27(36)17-35(26-12-10-21(29)14-25(26)32)40(38,39)22-7-5-4-6-8-22/h4-14,18-19H,15-17H2,1-3H3,(H,33,37)/t19-/m1/s1. The summed E-state index contributed by atoms with van der Waals surface area (Å²) in [5, 5.41) is 3.79. The van der Waals surface area contributed by atoms with Crippen LogP contribution >= 0.6 is 46.4 Å². The van der Waals surface area contributed by atoms with Gasteiger partial charge in [-0.1, -0.05) is 84.5 Å². The van der Waals surface area contributed by atoms with Gasteiger partial charge >= 0.3 is 0 Å². The SMILES string of the molecule is CC(C)CNC(=O)[C@@H](C)N(Cc1ccc(Cl)c(Cl)c1)C(=O)CN(c1ccc(Cl)cc1Cl)S(=O)(=O)c1ccccc1. The van der Waals surface area contributed by atoms with E-state index in [2.05, 4.69) is 5.32 Å². The van der Waals surface area contributed by atoms with E-state index >= 15 is 0 Å². The fraction of sp³-hybridized carbons (Fsp3) is 0.286. The number of carbonyl (C=O) groups excluding carboxylic acids is 2. The van der Waals surface area contributed by atoms with Crippen molar-refractivity contribution >= 4 is 73.9 Å². The normalized spacial score (nSPS) is 12.2. The van der Waals surface area contributed by atoms with Crippen LogP contribution in [0.4, 0.5) is 5.69 Å². The van der Waals surface area contributed by atoms with Crippen molar-refractivity contribution in [3.63, 3.8) is 0 Å². The zero-order valence-electron chi connectivity index (χ0n) is 22.1. The lowest BCUT2D eigenvalue weighted by molar-refractivity contribution is -0.139.